The molecular formula is C16H17N7O2S. The van der Waals surface area contributed by atoms with Gasteiger partial charge in [0.05, 0.1) is 5.69 Å². The first kappa shape index (κ1) is 16.5. The van der Waals surface area contributed by atoms with Crippen molar-refractivity contribution in [2.45, 2.75) is 23.7 Å². The van der Waals surface area contributed by atoms with E-state index in [0.717, 1.165) is 5.69 Å². The van der Waals surface area contributed by atoms with Crippen molar-refractivity contribution in [3.8, 4) is 0 Å². The fraction of sp³-hybridized carbons (Fsp3) is 0.188. The maximum atomic E-state index is 11.9. The summed E-state index contributed by atoms with van der Waals surface area (Å²) in [7, 11) is -3.91. The maximum absolute atomic E-state index is 11.9. The van der Waals surface area contributed by atoms with E-state index in [9.17, 15) is 8.42 Å². The molecule has 26 heavy (non-hydrogen) atoms. The van der Waals surface area contributed by atoms with Crippen molar-refractivity contribution in [1.29, 1.82) is 0 Å². The number of hydrogen-bond donors (Lipinski definition) is 4. The lowest BCUT2D eigenvalue weighted by Gasteiger charge is -2.12. The van der Waals surface area contributed by atoms with Crippen molar-refractivity contribution in [2.75, 3.05) is 10.6 Å². The van der Waals surface area contributed by atoms with Crippen LogP contribution in [0, 0.1) is 0 Å². The SMILES string of the molecule is NS(=O)(=O)c1ccc(Nc2cc(C3CC3)[nH]n2)cc1Nc1ncccn1. The van der Waals surface area contributed by atoms with Crippen LogP contribution in [0.1, 0.15) is 24.5 Å². The highest BCUT2D eigenvalue weighted by atomic mass is 32.2. The summed E-state index contributed by atoms with van der Waals surface area (Å²) in [6.07, 6.45) is 5.46. The van der Waals surface area contributed by atoms with E-state index in [1.54, 1.807) is 30.6 Å². The molecule has 0 bridgehead atoms. The average molecular weight is 371 g/mol. The van der Waals surface area contributed by atoms with E-state index >= 15 is 0 Å². The van der Waals surface area contributed by atoms with Crippen LogP contribution in [-0.4, -0.2) is 28.6 Å². The number of nitrogens with one attached hydrogen (secondary N) is 3. The Hall–Kier alpha value is -2.98. The lowest BCUT2D eigenvalue weighted by Crippen LogP contribution is -2.14. The molecule has 0 unspecified atom stereocenters. The minimum atomic E-state index is -3.91. The van der Waals surface area contributed by atoms with Gasteiger partial charge in [-0.1, -0.05) is 0 Å². The zero-order chi connectivity index (χ0) is 18.1. The molecule has 2 aromatic heterocycles. The van der Waals surface area contributed by atoms with Gasteiger partial charge in [0.15, 0.2) is 5.82 Å². The Balaban J connectivity index is 1.64. The molecule has 2 heterocycles. The number of nitrogens with zero attached hydrogens (tertiary/aromatic N) is 3. The van der Waals surface area contributed by atoms with Crippen LogP contribution < -0.4 is 15.8 Å². The standard InChI is InChI=1S/C16H17N7O2S/c17-26(24,25)14-5-4-11(8-13(14)21-16-18-6-1-7-19-16)20-15-9-12(22-23-15)10-2-3-10/h1,4-10H,2-3H2,(H2,17,24,25)(H,18,19,21)(H2,20,22,23). The number of nitrogens with two attached hydrogens (primary N) is 1. The molecule has 5 N–H and O–H groups in total. The number of aromatic amines is 1. The van der Waals surface area contributed by atoms with Crippen LogP contribution >= 0.6 is 0 Å². The van der Waals surface area contributed by atoms with Gasteiger partial charge in [-0.15, -0.1) is 0 Å². The second kappa shape index (κ2) is 6.39. The molecule has 0 atom stereocenters. The van der Waals surface area contributed by atoms with Gasteiger partial charge in [-0.25, -0.2) is 23.5 Å². The number of sulfonamides is 1. The van der Waals surface area contributed by atoms with Gasteiger partial charge >= 0.3 is 0 Å². The van der Waals surface area contributed by atoms with Crippen LogP contribution in [0.4, 0.5) is 23.1 Å². The van der Waals surface area contributed by atoms with E-state index in [1.165, 1.54) is 18.9 Å². The van der Waals surface area contributed by atoms with Gasteiger partial charge in [-0.3, -0.25) is 5.10 Å². The second-order valence-corrected chi connectivity index (χ2v) is 7.59. The molecule has 9 nitrogen and oxygen atoms in total. The van der Waals surface area contributed by atoms with E-state index in [2.05, 4.69) is 30.8 Å². The van der Waals surface area contributed by atoms with Crippen LogP contribution in [0.5, 0.6) is 0 Å². The minimum absolute atomic E-state index is 0.0452. The Bertz CT molecular complexity index is 1030. The third-order valence-corrected chi connectivity index (χ3v) is 4.95. The first-order chi connectivity index (χ1) is 12.5. The minimum Gasteiger partial charge on any atom is -0.339 e. The van der Waals surface area contributed by atoms with Crippen LogP contribution in [0.3, 0.4) is 0 Å². The number of benzene rings is 1. The number of primary sulfonamides is 1. The van der Waals surface area contributed by atoms with Crippen LogP contribution in [0.15, 0.2) is 47.6 Å². The first-order valence-corrected chi connectivity index (χ1v) is 9.57. The molecule has 134 valence electrons. The quantitative estimate of drug-likeness (QED) is 0.521. The van der Waals surface area contributed by atoms with Crippen molar-refractivity contribution in [1.82, 2.24) is 20.2 Å². The molecule has 1 aromatic carbocycles. The Morgan fingerprint density at radius 1 is 1.12 bits per heavy atom. The molecule has 1 saturated carbocycles. The molecule has 4 rings (SSSR count). The van der Waals surface area contributed by atoms with E-state index in [4.69, 9.17) is 5.14 Å². The molecule has 0 saturated heterocycles. The van der Waals surface area contributed by atoms with Crippen molar-refractivity contribution in [3.05, 3.63) is 48.4 Å². The normalized spacial score (nSPS) is 14.2. The predicted octanol–water partition coefficient (Wildman–Crippen LogP) is 2.21. The van der Waals surface area contributed by atoms with Crippen molar-refractivity contribution < 1.29 is 8.42 Å². The molecule has 1 fully saturated rings. The van der Waals surface area contributed by atoms with Crippen molar-refractivity contribution in [2.24, 2.45) is 5.14 Å². The summed E-state index contributed by atoms with van der Waals surface area (Å²) in [5.74, 6) is 1.50. The Kier molecular flexibility index (Phi) is 4.05. The summed E-state index contributed by atoms with van der Waals surface area (Å²) in [4.78, 5) is 8.04. The first-order valence-electron chi connectivity index (χ1n) is 8.02. The molecule has 0 aliphatic heterocycles. The summed E-state index contributed by atoms with van der Waals surface area (Å²) in [5.41, 5.74) is 2.04. The fourth-order valence-corrected chi connectivity index (χ4v) is 3.26. The van der Waals surface area contributed by atoms with Crippen molar-refractivity contribution >= 4 is 33.2 Å². The third-order valence-electron chi connectivity index (χ3n) is 3.99. The molecule has 1 aliphatic rings. The van der Waals surface area contributed by atoms with Gasteiger partial charge in [0, 0.05) is 35.8 Å². The second-order valence-electron chi connectivity index (χ2n) is 6.06. The molecule has 0 spiro atoms. The number of hydrogen-bond acceptors (Lipinski definition) is 7. The number of H-pyrrole nitrogens is 1. The molecule has 0 radical (unpaired) electrons. The maximum Gasteiger partial charge on any atom is 0.240 e. The largest absolute Gasteiger partial charge is 0.339 e. The van der Waals surface area contributed by atoms with Gasteiger partial charge in [0.2, 0.25) is 16.0 Å². The van der Waals surface area contributed by atoms with Gasteiger partial charge in [0.1, 0.15) is 4.90 Å². The summed E-state index contributed by atoms with van der Waals surface area (Å²) in [6.45, 7) is 0. The van der Waals surface area contributed by atoms with E-state index < -0.39 is 10.0 Å². The topological polar surface area (TPSA) is 139 Å². The summed E-state index contributed by atoms with van der Waals surface area (Å²) >= 11 is 0. The van der Waals surface area contributed by atoms with E-state index in [-0.39, 0.29) is 16.5 Å². The number of rotatable bonds is 6. The zero-order valence-corrected chi connectivity index (χ0v) is 14.5. The Labute approximate surface area is 150 Å². The summed E-state index contributed by atoms with van der Waals surface area (Å²) < 4.78 is 23.7. The number of anilines is 4. The molecule has 0 amide bonds. The van der Waals surface area contributed by atoms with E-state index in [1.807, 2.05) is 6.07 Å². The monoisotopic (exact) mass is 371 g/mol. The van der Waals surface area contributed by atoms with Gasteiger partial charge < -0.3 is 10.6 Å². The van der Waals surface area contributed by atoms with Crippen LogP contribution in [0.2, 0.25) is 0 Å². The lowest BCUT2D eigenvalue weighted by atomic mass is 10.2. The highest BCUT2D eigenvalue weighted by Crippen LogP contribution is 2.39. The average Bonchev–Trinajstić information content (AvgIpc) is 3.35. The van der Waals surface area contributed by atoms with Crippen LogP contribution in [0.25, 0.3) is 0 Å². The lowest BCUT2D eigenvalue weighted by molar-refractivity contribution is 0.598. The molecule has 3 aromatic rings. The van der Waals surface area contributed by atoms with Gasteiger partial charge in [0.25, 0.3) is 0 Å². The predicted molar refractivity (Wildman–Crippen MR) is 97.0 cm³/mol. The highest BCUT2D eigenvalue weighted by Gasteiger charge is 2.25. The van der Waals surface area contributed by atoms with Crippen molar-refractivity contribution in [3.63, 3.8) is 0 Å². The smallest absolute Gasteiger partial charge is 0.240 e. The van der Waals surface area contributed by atoms with Crippen LogP contribution in [-0.2, 0) is 10.0 Å². The van der Waals surface area contributed by atoms with Gasteiger partial charge in [-0.05, 0) is 37.1 Å². The third kappa shape index (κ3) is 3.65. The summed E-state index contributed by atoms with van der Waals surface area (Å²) in [6, 6.07) is 8.30. The Morgan fingerprint density at radius 2 is 1.88 bits per heavy atom. The highest BCUT2D eigenvalue weighted by molar-refractivity contribution is 7.89. The van der Waals surface area contributed by atoms with E-state index in [0.29, 0.717) is 17.4 Å². The van der Waals surface area contributed by atoms with Gasteiger partial charge in [-0.2, -0.15) is 5.10 Å². The zero-order valence-electron chi connectivity index (χ0n) is 13.7. The fourth-order valence-electron chi connectivity index (χ4n) is 2.59. The summed E-state index contributed by atoms with van der Waals surface area (Å²) in [5, 5.41) is 18.6. The molecule has 10 heteroatoms. The Morgan fingerprint density at radius 3 is 2.58 bits per heavy atom. The number of aromatic nitrogens is 4. The molecular weight excluding hydrogens is 354 g/mol. The molecule has 1 aliphatic carbocycles.